The van der Waals surface area contributed by atoms with E-state index in [2.05, 4.69) is 25.9 Å². The first-order chi connectivity index (χ1) is 9.08. The van der Waals surface area contributed by atoms with Crippen LogP contribution in [-0.2, 0) is 6.54 Å². The number of amides is 1. The summed E-state index contributed by atoms with van der Waals surface area (Å²) in [6, 6.07) is 3.79. The number of halogens is 1. The van der Waals surface area contributed by atoms with Crippen LogP contribution >= 0.6 is 11.6 Å². The van der Waals surface area contributed by atoms with Crippen molar-refractivity contribution in [1.29, 1.82) is 0 Å². The third-order valence-electron chi connectivity index (χ3n) is 2.20. The highest BCUT2D eigenvalue weighted by atomic mass is 35.5. The quantitative estimate of drug-likeness (QED) is 0.627. The number of benzene rings is 1. The minimum Gasteiger partial charge on any atom is -0.345 e. The molecule has 2 rings (SSSR count). The molecule has 9 nitrogen and oxygen atoms in total. The summed E-state index contributed by atoms with van der Waals surface area (Å²) in [7, 11) is 0. The molecule has 0 unspecified atom stereocenters. The van der Waals surface area contributed by atoms with Gasteiger partial charge in [-0.05, 0) is 12.1 Å². The van der Waals surface area contributed by atoms with Crippen molar-refractivity contribution in [2.24, 2.45) is 0 Å². The number of tetrazole rings is 1. The summed E-state index contributed by atoms with van der Waals surface area (Å²) in [5.41, 5.74) is -0.200. The molecule has 0 aliphatic rings. The molecule has 98 valence electrons. The topological polar surface area (TPSA) is 127 Å². The SMILES string of the molecule is O=C(NCc1nn[nH]n1)c1ccc(Cl)c([N+](=O)[O-])c1. The van der Waals surface area contributed by atoms with Crippen molar-refractivity contribution in [1.82, 2.24) is 25.9 Å². The number of nitro groups is 1. The predicted octanol–water partition coefficient (Wildman–Crippen LogP) is 0.691. The normalized spacial score (nSPS) is 10.2. The molecule has 1 heterocycles. The van der Waals surface area contributed by atoms with Crippen LogP contribution < -0.4 is 5.32 Å². The summed E-state index contributed by atoms with van der Waals surface area (Å²) in [5, 5.41) is 26.0. The second-order valence-electron chi connectivity index (χ2n) is 3.43. The number of nitrogens with one attached hydrogen (secondary N) is 2. The van der Waals surface area contributed by atoms with Crippen LogP contribution in [0.1, 0.15) is 16.2 Å². The first-order valence-corrected chi connectivity index (χ1v) is 5.40. The van der Waals surface area contributed by atoms with Crippen LogP contribution in [0.4, 0.5) is 5.69 Å². The fourth-order valence-electron chi connectivity index (χ4n) is 1.31. The lowest BCUT2D eigenvalue weighted by atomic mass is 10.2. The summed E-state index contributed by atoms with van der Waals surface area (Å²) < 4.78 is 0. The molecule has 0 saturated heterocycles. The Hall–Kier alpha value is -2.55. The summed E-state index contributed by atoms with van der Waals surface area (Å²) in [6.07, 6.45) is 0. The Morgan fingerprint density at radius 1 is 1.53 bits per heavy atom. The molecule has 0 aliphatic heterocycles. The number of carbonyl (C=O) groups is 1. The largest absolute Gasteiger partial charge is 0.345 e. The number of H-pyrrole nitrogens is 1. The fourth-order valence-corrected chi connectivity index (χ4v) is 1.50. The van der Waals surface area contributed by atoms with Gasteiger partial charge in [0, 0.05) is 11.6 Å². The van der Waals surface area contributed by atoms with E-state index in [1.807, 2.05) is 0 Å². The molecule has 10 heteroatoms. The zero-order valence-electron chi connectivity index (χ0n) is 9.33. The number of nitro benzene ring substituents is 1. The lowest BCUT2D eigenvalue weighted by Gasteiger charge is -2.03. The van der Waals surface area contributed by atoms with E-state index in [1.54, 1.807) is 0 Å². The van der Waals surface area contributed by atoms with E-state index in [-0.39, 0.29) is 22.8 Å². The van der Waals surface area contributed by atoms with Gasteiger partial charge in [-0.15, -0.1) is 10.2 Å². The van der Waals surface area contributed by atoms with Crippen LogP contribution in [0.15, 0.2) is 18.2 Å². The first kappa shape index (κ1) is 12.9. The maximum absolute atomic E-state index is 11.8. The van der Waals surface area contributed by atoms with Crippen molar-refractivity contribution in [3.8, 4) is 0 Å². The molecule has 0 atom stereocenters. The number of rotatable bonds is 4. The number of hydrogen-bond acceptors (Lipinski definition) is 6. The van der Waals surface area contributed by atoms with E-state index < -0.39 is 10.8 Å². The van der Waals surface area contributed by atoms with Crippen LogP contribution in [0.3, 0.4) is 0 Å². The van der Waals surface area contributed by atoms with E-state index in [4.69, 9.17) is 11.6 Å². The van der Waals surface area contributed by atoms with Crippen molar-refractivity contribution in [3.63, 3.8) is 0 Å². The lowest BCUT2D eigenvalue weighted by Crippen LogP contribution is -2.23. The maximum Gasteiger partial charge on any atom is 0.288 e. The number of carbonyl (C=O) groups excluding carboxylic acids is 1. The van der Waals surface area contributed by atoms with Crippen molar-refractivity contribution >= 4 is 23.2 Å². The number of aromatic amines is 1. The van der Waals surface area contributed by atoms with Crippen molar-refractivity contribution in [2.75, 3.05) is 0 Å². The van der Waals surface area contributed by atoms with Crippen LogP contribution in [0.5, 0.6) is 0 Å². The average Bonchev–Trinajstić information content (AvgIpc) is 2.89. The van der Waals surface area contributed by atoms with Crippen LogP contribution in [-0.4, -0.2) is 31.5 Å². The number of aromatic nitrogens is 4. The molecule has 1 amide bonds. The minimum absolute atomic E-state index is 0.0280. The fraction of sp³-hybridized carbons (Fsp3) is 0.111. The van der Waals surface area contributed by atoms with Crippen LogP contribution in [0.25, 0.3) is 0 Å². The molecule has 0 spiro atoms. The van der Waals surface area contributed by atoms with E-state index in [0.717, 1.165) is 6.07 Å². The molecule has 0 radical (unpaired) electrons. The predicted molar refractivity (Wildman–Crippen MR) is 63.5 cm³/mol. The highest BCUT2D eigenvalue weighted by Gasteiger charge is 2.16. The monoisotopic (exact) mass is 282 g/mol. The average molecular weight is 283 g/mol. The Balaban J connectivity index is 2.11. The highest BCUT2D eigenvalue weighted by Crippen LogP contribution is 2.24. The van der Waals surface area contributed by atoms with E-state index in [1.165, 1.54) is 12.1 Å². The van der Waals surface area contributed by atoms with Gasteiger partial charge in [0.1, 0.15) is 5.02 Å². The molecular weight excluding hydrogens is 276 g/mol. The molecule has 1 aromatic heterocycles. The molecule has 1 aromatic carbocycles. The lowest BCUT2D eigenvalue weighted by molar-refractivity contribution is -0.384. The zero-order chi connectivity index (χ0) is 13.8. The third kappa shape index (κ3) is 3.01. The Labute approximate surface area is 111 Å². The van der Waals surface area contributed by atoms with Gasteiger partial charge < -0.3 is 5.32 Å². The van der Waals surface area contributed by atoms with Gasteiger partial charge in [-0.25, -0.2) is 0 Å². The van der Waals surface area contributed by atoms with Crippen molar-refractivity contribution < 1.29 is 9.72 Å². The summed E-state index contributed by atoms with van der Waals surface area (Å²) >= 11 is 5.65. The van der Waals surface area contributed by atoms with Crippen LogP contribution in [0.2, 0.25) is 5.02 Å². The Morgan fingerprint density at radius 3 is 2.95 bits per heavy atom. The van der Waals surface area contributed by atoms with Crippen molar-refractivity contribution in [2.45, 2.75) is 6.54 Å². The van der Waals surface area contributed by atoms with E-state index in [0.29, 0.717) is 5.82 Å². The summed E-state index contributed by atoms with van der Waals surface area (Å²) in [4.78, 5) is 21.8. The highest BCUT2D eigenvalue weighted by molar-refractivity contribution is 6.32. The first-order valence-electron chi connectivity index (χ1n) is 5.02. The molecular formula is C9H7ClN6O3. The van der Waals surface area contributed by atoms with Crippen LogP contribution in [0, 0.1) is 10.1 Å². The van der Waals surface area contributed by atoms with Gasteiger partial charge in [-0.1, -0.05) is 16.8 Å². The summed E-state index contributed by atoms with van der Waals surface area (Å²) in [5.74, 6) is -0.193. The Kier molecular flexibility index (Phi) is 3.66. The molecule has 19 heavy (non-hydrogen) atoms. The van der Waals surface area contributed by atoms with Crippen molar-refractivity contribution in [3.05, 3.63) is 44.7 Å². The minimum atomic E-state index is -0.654. The Bertz CT molecular complexity index is 614. The van der Waals surface area contributed by atoms with Gasteiger partial charge in [0.25, 0.3) is 11.6 Å². The van der Waals surface area contributed by atoms with Gasteiger partial charge in [0.15, 0.2) is 5.82 Å². The number of nitrogens with zero attached hydrogens (tertiary/aromatic N) is 4. The number of hydrogen-bond donors (Lipinski definition) is 2. The molecule has 2 aromatic rings. The molecule has 0 saturated carbocycles. The van der Waals surface area contributed by atoms with Gasteiger partial charge in [-0.2, -0.15) is 5.21 Å². The van der Waals surface area contributed by atoms with Gasteiger partial charge in [0.2, 0.25) is 0 Å². The molecule has 0 aliphatic carbocycles. The van der Waals surface area contributed by atoms with E-state index >= 15 is 0 Å². The smallest absolute Gasteiger partial charge is 0.288 e. The zero-order valence-corrected chi connectivity index (χ0v) is 10.1. The maximum atomic E-state index is 11.8. The second-order valence-corrected chi connectivity index (χ2v) is 3.84. The van der Waals surface area contributed by atoms with Gasteiger partial charge in [0.05, 0.1) is 11.5 Å². The second kappa shape index (κ2) is 5.40. The Morgan fingerprint density at radius 2 is 2.32 bits per heavy atom. The molecule has 0 fully saturated rings. The van der Waals surface area contributed by atoms with Gasteiger partial charge >= 0.3 is 0 Å². The van der Waals surface area contributed by atoms with E-state index in [9.17, 15) is 14.9 Å². The third-order valence-corrected chi connectivity index (χ3v) is 2.52. The molecule has 0 bridgehead atoms. The molecule has 2 N–H and O–H groups in total. The standard InChI is InChI=1S/C9H7ClN6O3/c10-6-2-1-5(3-7(6)16(18)19)9(17)11-4-8-12-14-15-13-8/h1-3H,4H2,(H,11,17)(H,12,13,14,15). The summed E-state index contributed by atoms with van der Waals surface area (Å²) in [6.45, 7) is 0.0613. The van der Waals surface area contributed by atoms with Gasteiger partial charge in [-0.3, -0.25) is 14.9 Å².